The van der Waals surface area contributed by atoms with Crippen LogP contribution in [-0.2, 0) is 4.74 Å². The van der Waals surface area contributed by atoms with E-state index in [1.54, 1.807) is 6.92 Å². The van der Waals surface area contributed by atoms with E-state index in [0.29, 0.717) is 11.1 Å². The molecular weight excluding hydrogens is 434 g/mol. The van der Waals surface area contributed by atoms with Crippen molar-refractivity contribution in [2.75, 3.05) is 13.2 Å². The van der Waals surface area contributed by atoms with Crippen LogP contribution in [0.15, 0.2) is 66.7 Å². The van der Waals surface area contributed by atoms with Crippen molar-refractivity contribution in [3.63, 3.8) is 0 Å². The van der Waals surface area contributed by atoms with Gasteiger partial charge in [0, 0.05) is 12.5 Å². The highest BCUT2D eigenvalue weighted by Gasteiger charge is 2.29. The minimum atomic E-state index is -1.20. The molecule has 0 fully saturated rings. The van der Waals surface area contributed by atoms with Gasteiger partial charge in [0.05, 0.1) is 11.7 Å². The standard InChI is InChI=1S/C27H27NO6/c1-16-14-17(26(31)32)10-11-18(16)25(30)24(29)12-13-28-27(33)34-15-23-21-8-4-2-6-19(21)20-7-3-5-9-22(20)23/h2-11,14,23-25,29-30H,12-13,15H2,1H3,(H,28,33)(H,31,32). The minimum absolute atomic E-state index is 0.0395. The fraction of sp³-hybridized carbons (Fsp3) is 0.259. The van der Waals surface area contributed by atoms with Gasteiger partial charge in [0.15, 0.2) is 0 Å². The van der Waals surface area contributed by atoms with E-state index in [0.717, 1.165) is 22.3 Å². The van der Waals surface area contributed by atoms with Gasteiger partial charge >= 0.3 is 12.1 Å². The fourth-order valence-corrected chi connectivity index (χ4v) is 4.48. The van der Waals surface area contributed by atoms with Crippen LogP contribution in [0.3, 0.4) is 0 Å². The summed E-state index contributed by atoms with van der Waals surface area (Å²) in [7, 11) is 0. The Morgan fingerprint density at radius 2 is 1.59 bits per heavy atom. The van der Waals surface area contributed by atoms with Crippen molar-refractivity contribution >= 4 is 12.1 Å². The molecule has 4 N–H and O–H groups in total. The third kappa shape index (κ3) is 4.81. The predicted molar refractivity (Wildman–Crippen MR) is 127 cm³/mol. The summed E-state index contributed by atoms with van der Waals surface area (Å²) in [5.41, 5.74) is 5.67. The zero-order chi connectivity index (χ0) is 24.2. The molecule has 0 aliphatic heterocycles. The predicted octanol–water partition coefficient (Wildman–Crippen LogP) is 4.02. The highest BCUT2D eigenvalue weighted by Crippen LogP contribution is 2.44. The van der Waals surface area contributed by atoms with Crippen LogP contribution in [0.25, 0.3) is 11.1 Å². The van der Waals surface area contributed by atoms with Crippen molar-refractivity contribution in [1.82, 2.24) is 5.32 Å². The van der Waals surface area contributed by atoms with Gasteiger partial charge in [-0.25, -0.2) is 9.59 Å². The lowest BCUT2D eigenvalue weighted by molar-refractivity contribution is 0.0133. The maximum Gasteiger partial charge on any atom is 0.407 e. The molecule has 7 heteroatoms. The zero-order valence-electron chi connectivity index (χ0n) is 18.8. The normalized spacial score (nSPS) is 14.1. The SMILES string of the molecule is Cc1cc(C(=O)O)ccc1C(O)C(O)CCNC(=O)OCC1c2ccccc2-c2ccccc21. The molecule has 0 bridgehead atoms. The van der Waals surface area contributed by atoms with Gasteiger partial charge in [-0.05, 0) is 58.9 Å². The number of aromatic carboxylic acids is 1. The molecule has 3 aromatic carbocycles. The maximum absolute atomic E-state index is 12.3. The molecule has 0 aromatic heterocycles. The highest BCUT2D eigenvalue weighted by atomic mass is 16.5. The number of hydrogen-bond donors (Lipinski definition) is 4. The molecule has 2 atom stereocenters. The largest absolute Gasteiger partial charge is 0.478 e. The van der Waals surface area contributed by atoms with E-state index in [2.05, 4.69) is 17.4 Å². The van der Waals surface area contributed by atoms with Crippen molar-refractivity contribution in [2.45, 2.75) is 31.5 Å². The first kappa shape index (κ1) is 23.5. The number of amides is 1. The Balaban J connectivity index is 1.28. The van der Waals surface area contributed by atoms with Gasteiger partial charge in [-0.15, -0.1) is 0 Å². The number of carbonyl (C=O) groups excluding carboxylic acids is 1. The van der Waals surface area contributed by atoms with E-state index >= 15 is 0 Å². The number of nitrogens with one attached hydrogen (secondary N) is 1. The van der Waals surface area contributed by atoms with E-state index in [4.69, 9.17) is 9.84 Å². The van der Waals surface area contributed by atoms with Crippen molar-refractivity contribution in [3.05, 3.63) is 94.5 Å². The second-order valence-electron chi connectivity index (χ2n) is 8.43. The third-order valence-electron chi connectivity index (χ3n) is 6.25. The van der Waals surface area contributed by atoms with Crippen molar-refractivity contribution in [3.8, 4) is 11.1 Å². The summed E-state index contributed by atoms with van der Waals surface area (Å²) < 4.78 is 5.47. The number of benzene rings is 3. The molecule has 0 heterocycles. The smallest absolute Gasteiger partial charge is 0.407 e. The molecule has 176 valence electrons. The molecule has 1 amide bonds. The number of aryl methyl sites for hydroxylation is 1. The lowest BCUT2D eigenvalue weighted by Crippen LogP contribution is -2.30. The molecule has 0 spiro atoms. The zero-order valence-corrected chi connectivity index (χ0v) is 18.8. The quantitative estimate of drug-likeness (QED) is 0.403. The van der Waals surface area contributed by atoms with E-state index in [9.17, 15) is 19.8 Å². The van der Waals surface area contributed by atoms with Crippen molar-refractivity contribution in [2.24, 2.45) is 0 Å². The summed E-state index contributed by atoms with van der Waals surface area (Å²) in [4.78, 5) is 23.3. The molecule has 0 saturated carbocycles. The Kier molecular flexibility index (Phi) is 6.95. The number of alkyl carbamates (subject to hydrolysis) is 1. The summed E-state index contributed by atoms with van der Waals surface area (Å²) >= 11 is 0. The number of aliphatic hydroxyl groups is 2. The topological polar surface area (TPSA) is 116 Å². The van der Waals surface area contributed by atoms with Gasteiger partial charge in [-0.2, -0.15) is 0 Å². The van der Waals surface area contributed by atoms with E-state index in [-0.39, 0.29) is 31.1 Å². The van der Waals surface area contributed by atoms with Crippen LogP contribution in [0.1, 0.15) is 51.1 Å². The first-order valence-corrected chi connectivity index (χ1v) is 11.2. The van der Waals surface area contributed by atoms with Gasteiger partial charge in [-0.1, -0.05) is 54.6 Å². The minimum Gasteiger partial charge on any atom is -0.478 e. The lowest BCUT2D eigenvalue weighted by atomic mass is 9.96. The second kappa shape index (κ2) is 10.1. The Bertz CT molecular complexity index is 1160. The summed E-state index contributed by atoms with van der Waals surface area (Å²) in [5, 5.41) is 32.5. The number of ether oxygens (including phenoxy) is 1. The number of rotatable bonds is 8. The van der Waals surface area contributed by atoms with Gasteiger partial charge in [-0.3, -0.25) is 0 Å². The summed E-state index contributed by atoms with van der Waals surface area (Å²) in [5.74, 6) is -1.10. The van der Waals surface area contributed by atoms with E-state index < -0.39 is 24.3 Å². The summed E-state index contributed by atoms with van der Waals surface area (Å²) in [6.07, 6.45) is -2.83. The average molecular weight is 462 g/mol. The van der Waals surface area contributed by atoms with Crippen molar-refractivity contribution < 1.29 is 29.6 Å². The highest BCUT2D eigenvalue weighted by molar-refractivity contribution is 5.87. The van der Waals surface area contributed by atoms with Crippen LogP contribution < -0.4 is 5.32 Å². The van der Waals surface area contributed by atoms with Crippen LogP contribution in [0, 0.1) is 6.92 Å². The fourth-order valence-electron chi connectivity index (χ4n) is 4.48. The molecular formula is C27H27NO6. The number of aliphatic hydroxyl groups excluding tert-OH is 2. The van der Waals surface area contributed by atoms with Gasteiger partial charge in [0.2, 0.25) is 0 Å². The van der Waals surface area contributed by atoms with E-state index in [1.807, 2.05) is 36.4 Å². The number of carboxylic acids is 1. The van der Waals surface area contributed by atoms with Crippen molar-refractivity contribution in [1.29, 1.82) is 0 Å². The molecule has 3 aromatic rings. The number of fused-ring (bicyclic) bond motifs is 3. The lowest BCUT2D eigenvalue weighted by Gasteiger charge is -2.20. The Morgan fingerprint density at radius 1 is 0.971 bits per heavy atom. The van der Waals surface area contributed by atoms with Gasteiger partial charge < -0.3 is 25.4 Å². The van der Waals surface area contributed by atoms with Gasteiger partial charge in [0.25, 0.3) is 0 Å². The average Bonchev–Trinajstić information content (AvgIpc) is 3.16. The molecule has 1 aliphatic carbocycles. The van der Waals surface area contributed by atoms with Crippen LogP contribution >= 0.6 is 0 Å². The summed E-state index contributed by atoms with van der Waals surface area (Å²) in [6.45, 7) is 1.98. The van der Waals surface area contributed by atoms with Gasteiger partial charge in [0.1, 0.15) is 12.7 Å². The molecule has 4 rings (SSSR count). The molecule has 0 radical (unpaired) electrons. The number of carboxylic acid groups (broad SMARTS) is 1. The number of hydrogen-bond acceptors (Lipinski definition) is 5. The van der Waals surface area contributed by atoms with Crippen LogP contribution in [0.5, 0.6) is 0 Å². The Hall–Kier alpha value is -3.68. The summed E-state index contributed by atoms with van der Waals surface area (Å²) in [6, 6.07) is 20.5. The maximum atomic E-state index is 12.3. The van der Waals surface area contributed by atoms with Crippen LogP contribution in [0.4, 0.5) is 4.79 Å². The Morgan fingerprint density at radius 3 is 2.18 bits per heavy atom. The van der Waals surface area contributed by atoms with E-state index in [1.165, 1.54) is 18.2 Å². The number of carbonyl (C=O) groups is 2. The second-order valence-corrected chi connectivity index (χ2v) is 8.43. The first-order valence-electron chi connectivity index (χ1n) is 11.2. The molecule has 1 aliphatic rings. The Labute approximate surface area is 197 Å². The molecule has 7 nitrogen and oxygen atoms in total. The monoisotopic (exact) mass is 461 g/mol. The first-order chi connectivity index (χ1) is 16.4. The third-order valence-corrected chi connectivity index (χ3v) is 6.25. The van der Waals surface area contributed by atoms with Crippen LogP contribution in [-0.4, -0.2) is 46.6 Å². The van der Waals surface area contributed by atoms with Crippen LogP contribution in [0.2, 0.25) is 0 Å². The molecule has 2 unspecified atom stereocenters. The molecule has 34 heavy (non-hydrogen) atoms. The molecule has 0 saturated heterocycles.